The van der Waals surface area contributed by atoms with Crippen molar-refractivity contribution in [3.05, 3.63) is 58.6 Å². The van der Waals surface area contributed by atoms with E-state index in [1.165, 1.54) is 0 Å². The van der Waals surface area contributed by atoms with Gasteiger partial charge in [-0.05, 0) is 42.8 Å². The lowest BCUT2D eigenvalue weighted by Crippen LogP contribution is -2.07. The predicted octanol–water partition coefficient (Wildman–Crippen LogP) is 4.39. The molecule has 0 heterocycles. The molecule has 0 saturated carbocycles. The molecule has 2 rings (SSSR count). The summed E-state index contributed by atoms with van der Waals surface area (Å²) in [6.07, 6.45) is 0. The lowest BCUT2D eigenvalue weighted by atomic mass is 10.1. The Labute approximate surface area is 123 Å². The van der Waals surface area contributed by atoms with Crippen LogP contribution in [-0.2, 0) is 0 Å². The maximum atomic E-state index is 8.83. The Balaban J connectivity index is 2.19. The van der Waals surface area contributed by atoms with Crippen LogP contribution in [0.5, 0.6) is 5.75 Å². The summed E-state index contributed by atoms with van der Waals surface area (Å²) in [7, 11) is 1.65. The molecule has 0 aliphatic rings. The average Bonchev–Trinajstić information content (AvgIpc) is 2.49. The topological polar surface area (TPSA) is 45.0 Å². The molecular weight excluding hydrogens is 272 g/mol. The second kappa shape index (κ2) is 6.31. The van der Waals surface area contributed by atoms with Crippen LogP contribution in [-0.4, -0.2) is 7.11 Å². The first-order chi connectivity index (χ1) is 9.63. The smallest absolute Gasteiger partial charge is 0.119 e. The number of anilines is 1. The Kier molecular flexibility index (Phi) is 4.49. The van der Waals surface area contributed by atoms with Crippen LogP contribution < -0.4 is 10.1 Å². The largest absolute Gasteiger partial charge is 0.497 e. The maximum absolute atomic E-state index is 8.83. The number of rotatable bonds is 4. The number of hydrogen-bond acceptors (Lipinski definition) is 3. The number of hydrogen-bond donors (Lipinski definition) is 1. The highest BCUT2D eigenvalue weighted by molar-refractivity contribution is 6.33. The molecule has 0 fully saturated rings. The Hall–Kier alpha value is -2.18. The Morgan fingerprint density at radius 1 is 1.25 bits per heavy atom. The summed E-state index contributed by atoms with van der Waals surface area (Å²) >= 11 is 6.16. The van der Waals surface area contributed by atoms with Crippen molar-refractivity contribution < 1.29 is 4.74 Å². The highest BCUT2D eigenvalue weighted by Gasteiger charge is 2.09. The molecule has 0 aromatic heterocycles. The quantitative estimate of drug-likeness (QED) is 0.906. The van der Waals surface area contributed by atoms with Gasteiger partial charge in [-0.1, -0.05) is 23.7 Å². The second-order valence-electron chi connectivity index (χ2n) is 4.45. The molecule has 2 aromatic carbocycles. The fourth-order valence-corrected chi connectivity index (χ4v) is 2.16. The van der Waals surface area contributed by atoms with Crippen molar-refractivity contribution in [1.82, 2.24) is 0 Å². The van der Waals surface area contributed by atoms with Gasteiger partial charge in [-0.25, -0.2) is 0 Å². The Bertz CT molecular complexity index is 649. The summed E-state index contributed by atoms with van der Waals surface area (Å²) in [5.41, 5.74) is 2.46. The third-order valence-electron chi connectivity index (χ3n) is 3.06. The molecule has 1 N–H and O–H groups in total. The van der Waals surface area contributed by atoms with Crippen LogP contribution >= 0.6 is 11.6 Å². The molecule has 2 aromatic rings. The molecule has 1 unspecified atom stereocenters. The molecule has 0 amide bonds. The number of ether oxygens (including phenoxy) is 1. The van der Waals surface area contributed by atoms with Gasteiger partial charge in [0, 0.05) is 6.04 Å². The standard InChI is InChI=1S/C16H15ClN2O/c1-11(13-4-3-5-14(9-13)20-2)19-16-7-6-12(10-18)8-15(16)17/h3-9,11,19H,1-2H3. The van der Waals surface area contributed by atoms with E-state index in [0.29, 0.717) is 10.6 Å². The van der Waals surface area contributed by atoms with Crippen LogP contribution in [0.25, 0.3) is 0 Å². The van der Waals surface area contributed by atoms with Crippen LogP contribution in [0.1, 0.15) is 24.1 Å². The first kappa shape index (κ1) is 14.2. The number of halogens is 1. The summed E-state index contributed by atoms with van der Waals surface area (Å²) in [6.45, 7) is 2.04. The van der Waals surface area contributed by atoms with Crippen molar-refractivity contribution in [2.75, 3.05) is 12.4 Å². The summed E-state index contributed by atoms with van der Waals surface area (Å²) in [4.78, 5) is 0. The highest BCUT2D eigenvalue weighted by Crippen LogP contribution is 2.28. The number of nitrogens with zero attached hydrogens (tertiary/aromatic N) is 1. The lowest BCUT2D eigenvalue weighted by Gasteiger charge is -2.17. The number of nitriles is 1. The molecular formula is C16H15ClN2O. The minimum absolute atomic E-state index is 0.0792. The van der Waals surface area contributed by atoms with E-state index in [9.17, 15) is 0 Å². The van der Waals surface area contributed by atoms with E-state index in [4.69, 9.17) is 21.6 Å². The molecule has 0 aliphatic carbocycles. The summed E-state index contributed by atoms with van der Waals surface area (Å²) < 4.78 is 5.22. The van der Waals surface area contributed by atoms with Crippen molar-refractivity contribution in [2.45, 2.75) is 13.0 Å². The molecule has 20 heavy (non-hydrogen) atoms. The average molecular weight is 287 g/mol. The van der Waals surface area contributed by atoms with Crippen LogP contribution in [0.3, 0.4) is 0 Å². The molecule has 1 atom stereocenters. The van der Waals surface area contributed by atoms with E-state index < -0.39 is 0 Å². The monoisotopic (exact) mass is 286 g/mol. The Morgan fingerprint density at radius 3 is 2.70 bits per heavy atom. The zero-order valence-corrected chi connectivity index (χ0v) is 12.1. The number of methoxy groups -OCH3 is 1. The number of benzene rings is 2. The minimum Gasteiger partial charge on any atom is -0.497 e. The normalized spacial score (nSPS) is 11.5. The van der Waals surface area contributed by atoms with Crippen molar-refractivity contribution in [3.63, 3.8) is 0 Å². The van der Waals surface area contributed by atoms with E-state index in [1.807, 2.05) is 37.3 Å². The van der Waals surface area contributed by atoms with Gasteiger partial charge in [-0.2, -0.15) is 5.26 Å². The molecule has 102 valence electrons. The van der Waals surface area contributed by atoms with Gasteiger partial charge in [-0.3, -0.25) is 0 Å². The van der Waals surface area contributed by atoms with Gasteiger partial charge in [0.25, 0.3) is 0 Å². The van der Waals surface area contributed by atoms with Gasteiger partial charge in [-0.15, -0.1) is 0 Å². The van der Waals surface area contributed by atoms with E-state index in [2.05, 4.69) is 11.4 Å². The highest BCUT2D eigenvalue weighted by atomic mass is 35.5. The first-order valence-electron chi connectivity index (χ1n) is 6.24. The summed E-state index contributed by atoms with van der Waals surface area (Å²) in [5.74, 6) is 0.821. The van der Waals surface area contributed by atoms with Gasteiger partial charge >= 0.3 is 0 Å². The van der Waals surface area contributed by atoms with E-state index >= 15 is 0 Å². The molecule has 3 nitrogen and oxygen atoms in total. The molecule has 0 spiro atoms. The van der Waals surface area contributed by atoms with Crippen LogP contribution in [0.2, 0.25) is 5.02 Å². The van der Waals surface area contributed by atoms with Crippen molar-refractivity contribution >= 4 is 17.3 Å². The number of nitrogens with one attached hydrogen (secondary N) is 1. The van der Waals surface area contributed by atoms with Crippen LogP contribution in [0.4, 0.5) is 5.69 Å². The minimum atomic E-state index is 0.0792. The van der Waals surface area contributed by atoms with E-state index in [-0.39, 0.29) is 6.04 Å². The van der Waals surface area contributed by atoms with Crippen molar-refractivity contribution in [3.8, 4) is 11.8 Å². The van der Waals surface area contributed by atoms with Crippen LogP contribution in [0.15, 0.2) is 42.5 Å². The molecule has 0 bridgehead atoms. The van der Waals surface area contributed by atoms with Gasteiger partial charge in [0.2, 0.25) is 0 Å². The zero-order valence-electron chi connectivity index (χ0n) is 11.4. The van der Waals surface area contributed by atoms with Gasteiger partial charge in [0.1, 0.15) is 5.75 Å². The fourth-order valence-electron chi connectivity index (χ4n) is 1.93. The maximum Gasteiger partial charge on any atom is 0.119 e. The first-order valence-corrected chi connectivity index (χ1v) is 6.62. The molecule has 0 saturated heterocycles. The van der Waals surface area contributed by atoms with Gasteiger partial charge in [0.05, 0.1) is 29.5 Å². The van der Waals surface area contributed by atoms with E-state index in [1.54, 1.807) is 19.2 Å². The van der Waals surface area contributed by atoms with Crippen molar-refractivity contribution in [1.29, 1.82) is 5.26 Å². The fraction of sp³-hybridized carbons (Fsp3) is 0.188. The second-order valence-corrected chi connectivity index (χ2v) is 4.86. The molecule has 0 aliphatic heterocycles. The SMILES string of the molecule is COc1cccc(C(C)Nc2ccc(C#N)cc2Cl)c1. The van der Waals surface area contributed by atoms with Gasteiger partial charge in [0.15, 0.2) is 0 Å². The Morgan fingerprint density at radius 2 is 2.05 bits per heavy atom. The zero-order chi connectivity index (χ0) is 14.5. The third kappa shape index (κ3) is 3.23. The lowest BCUT2D eigenvalue weighted by molar-refractivity contribution is 0.414. The summed E-state index contributed by atoms with van der Waals surface area (Å²) in [6, 6.07) is 15.2. The third-order valence-corrected chi connectivity index (χ3v) is 3.38. The van der Waals surface area contributed by atoms with Gasteiger partial charge < -0.3 is 10.1 Å². The van der Waals surface area contributed by atoms with Crippen LogP contribution in [0, 0.1) is 11.3 Å². The van der Waals surface area contributed by atoms with Crippen molar-refractivity contribution in [2.24, 2.45) is 0 Å². The molecule has 0 radical (unpaired) electrons. The predicted molar refractivity (Wildman–Crippen MR) is 81.2 cm³/mol. The summed E-state index contributed by atoms with van der Waals surface area (Å²) in [5, 5.41) is 12.7. The van der Waals surface area contributed by atoms with E-state index in [0.717, 1.165) is 17.0 Å². The molecule has 4 heteroatoms.